The highest BCUT2D eigenvalue weighted by molar-refractivity contribution is 7.92. The maximum atomic E-state index is 12.3. The number of ether oxygens (including phenoxy) is 2. The molecule has 0 spiro atoms. The van der Waals surface area contributed by atoms with Gasteiger partial charge in [0.25, 0.3) is 5.91 Å². The van der Waals surface area contributed by atoms with Gasteiger partial charge in [0.1, 0.15) is 0 Å². The van der Waals surface area contributed by atoms with Crippen LogP contribution in [0, 0.1) is 0 Å². The predicted molar refractivity (Wildman–Crippen MR) is 105 cm³/mol. The Labute approximate surface area is 159 Å². The van der Waals surface area contributed by atoms with E-state index >= 15 is 0 Å². The molecule has 1 atom stereocenters. The second-order valence-corrected chi connectivity index (χ2v) is 7.67. The lowest BCUT2D eigenvalue weighted by Crippen LogP contribution is -2.31. The number of hydrogen-bond acceptors (Lipinski definition) is 5. The van der Waals surface area contributed by atoms with E-state index in [1.165, 1.54) is 0 Å². The molecule has 0 aliphatic rings. The highest BCUT2D eigenvalue weighted by Gasteiger charge is 2.16. The van der Waals surface area contributed by atoms with Gasteiger partial charge in [0.15, 0.2) is 18.1 Å². The molecule has 0 saturated heterocycles. The van der Waals surface area contributed by atoms with Gasteiger partial charge >= 0.3 is 0 Å². The van der Waals surface area contributed by atoms with Crippen LogP contribution in [0.1, 0.15) is 25.5 Å². The van der Waals surface area contributed by atoms with Gasteiger partial charge in [-0.25, -0.2) is 8.42 Å². The van der Waals surface area contributed by atoms with Crippen LogP contribution in [0.3, 0.4) is 0 Å². The van der Waals surface area contributed by atoms with Crippen LogP contribution in [0.15, 0.2) is 48.5 Å². The minimum atomic E-state index is -3.42. The van der Waals surface area contributed by atoms with Crippen LogP contribution in [0.4, 0.5) is 5.69 Å². The molecular weight excluding hydrogens is 368 g/mol. The maximum Gasteiger partial charge on any atom is 0.258 e. The van der Waals surface area contributed by atoms with Gasteiger partial charge in [0.05, 0.1) is 24.6 Å². The largest absolute Gasteiger partial charge is 0.490 e. The van der Waals surface area contributed by atoms with E-state index in [1.54, 1.807) is 49.4 Å². The van der Waals surface area contributed by atoms with Gasteiger partial charge in [-0.1, -0.05) is 30.3 Å². The molecule has 0 saturated carbocycles. The van der Waals surface area contributed by atoms with E-state index in [0.29, 0.717) is 29.4 Å². The smallest absolute Gasteiger partial charge is 0.258 e. The first-order valence-corrected chi connectivity index (χ1v) is 10.4. The number of para-hydroxylation sites is 3. The average molecular weight is 392 g/mol. The van der Waals surface area contributed by atoms with Gasteiger partial charge in [-0.2, -0.15) is 0 Å². The Bertz CT molecular complexity index is 883. The summed E-state index contributed by atoms with van der Waals surface area (Å²) in [4.78, 5) is 12.3. The first-order chi connectivity index (χ1) is 12.8. The van der Waals surface area contributed by atoms with E-state index in [0.717, 1.165) is 6.26 Å². The number of benzene rings is 2. The third-order valence-corrected chi connectivity index (χ3v) is 4.20. The fraction of sp³-hybridized carbons (Fsp3) is 0.316. The van der Waals surface area contributed by atoms with Crippen molar-refractivity contribution in [3.63, 3.8) is 0 Å². The highest BCUT2D eigenvalue weighted by atomic mass is 32.2. The minimum Gasteiger partial charge on any atom is -0.490 e. The molecule has 146 valence electrons. The summed E-state index contributed by atoms with van der Waals surface area (Å²) in [7, 11) is -3.42. The Morgan fingerprint density at radius 1 is 1.04 bits per heavy atom. The molecule has 7 nitrogen and oxygen atoms in total. The Balaban J connectivity index is 2.01. The molecule has 8 heteroatoms. The zero-order valence-electron chi connectivity index (χ0n) is 15.6. The molecule has 27 heavy (non-hydrogen) atoms. The number of nitrogens with one attached hydrogen (secondary N) is 2. The van der Waals surface area contributed by atoms with Crippen LogP contribution in [0.25, 0.3) is 0 Å². The Morgan fingerprint density at radius 2 is 1.63 bits per heavy atom. The number of carbonyl (C=O) groups is 1. The maximum absolute atomic E-state index is 12.3. The molecule has 2 N–H and O–H groups in total. The fourth-order valence-corrected chi connectivity index (χ4v) is 3.10. The quantitative estimate of drug-likeness (QED) is 0.684. The molecule has 0 aliphatic carbocycles. The summed E-state index contributed by atoms with van der Waals surface area (Å²) in [5.41, 5.74) is 1.08. The Morgan fingerprint density at radius 3 is 2.26 bits per heavy atom. The molecule has 0 aromatic heterocycles. The monoisotopic (exact) mass is 392 g/mol. The number of anilines is 1. The van der Waals surface area contributed by atoms with Crippen LogP contribution < -0.4 is 19.5 Å². The summed E-state index contributed by atoms with van der Waals surface area (Å²) in [5, 5.41) is 2.80. The van der Waals surface area contributed by atoms with Crippen LogP contribution in [-0.2, 0) is 14.8 Å². The molecule has 1 amide bonds. The van der Waals surface area contributed by atoms with Gasteiger partial charge < -0.3 is 14.8 Å². The third kappa shape index (κ3) is 6.49. The van der Waals surface area contributed by atoms with Crippen LogP contribution in [-0.4, -0.2) is 33.8 Å². The summed E-state index contributed by atoms with van der Waals surface area (Å²) < 4.78 is 36.5. The SMILES string of the molecule is CCOc1ccccc1OCC(=O)NC(C)c1ccccc1NS(C)(=O)=O. The Kier molecular flexibility index (Phi) is 7.06. The minimum absolute atomic E-state index is 0.184. The van der Waals surface area contributed by atoms with Gasteiger partial charge in [-0.15, -0.1) is 0 Å². The molecule has 2 aromatic rings. The number of hydrogen-bond donors (Lipinski definition) is 2. The summed E-state index contributed by atoms with van der Waals surface area (Å²) in [6.45, 7) is 3.95. The normalized spacial score (nSPS) is 12.1. The van der Waals surface area contributed by atoms with Crippen molar-refractivity contribution in [1.29, 1.82) is 0 Å². The van der Waals surface area contributed by atoms with Crippen LogP contribution in [0.2, 0.25) is 0 Å². The molecule has 2 rings (SSSR count). The van der Waals surface area contributed by atoms with Crippen LogP contribution >= 0.6 is 0 Å². The lowest BCUT2D eigenvalue weighted by molar-refractivity contribution is -0.123. The molecule has 0 radical (unpaired) electrons. The molecule has 1 unspecified atom stereocenters. The highest BCUT2D eigenvalue weighted by Crippen LogP contribution is 2.26. The zero-order valence-corrected chi connectivity index (χ0v) is 16.4. The van der Waals surface area contributed by atoms with Crippen molar-refractivity contribution >= 4 is 21.6 Å². The van der Waals surface area contributed by atoms with E-state index in [1.807, 2.05) is 13.0 Å². The molecule has 0 aliphatic heterocycles. The van der Waals surface area contributed by atoms with Crippen molar-refractivity contribution in [2.75, 3.05) is 24.2 Å². The lowest BCUT2D eigenvalue weighted by Gasteiger charge is -2.19. The number of rotatable bonds is 9. The van der Waals surface area contributed by atoms with Crippen molar-refractivity contribution in [1.82, 2.24) is 5.32 Å². The number of carbonyl (C=O) groups excluding carboxylic acids is 1. The van der Waals surface area contributed by atoms with Gasteiger partial charge in [0.2, 0.25) is 10.0 Å². The van der Waals surface area contributed by atoms with Crippen molar-refractivity contribution in [2.24, 2.45) is 0 Å². The molecule has 2 aromatic carbocycles. The van der Waals surface area contributed by atoms with E-state index < -0.39 is 16.1 Å². The average Bonchev–Trinajstić information content (AvgIpc) is 2.60. The number of sulfonamides is 1. The predicted octanol–water partition coefficient (Wildman–Crippen LogP) is 2.71. The second kappa shape index (κ2) is 9.27. The van der Waals surface area contributed by atoms with Gasteiger partial charge in [-0.3, -0.25) is 9.52 Å². The second-order valence-electron chi connectivity index (χ2n) is 5.92. The standard InChI is InChI=1S/C19H24N2O5S/c1-4-25-17-11-7-8-12-18(17)26-13-19(22)20-14(2)15-9-5-6-10-16(15)21-27(3,23)24/h5-12,14,21H,4,13H2,1-3H3,(H,20,22). The van der Waals surface area contributed by atoms with Crippen molar-refractivity contribution < 1.29 is 22.7 Å². The summed E-state index contributed by atoms with van der Waals surface area (Å²) in [6, 6.07) is 13.6. The Hall–Kier alpha value is -2.74. The summed E-state index contributed by atoms with van der Waals surface area (Å²) >= 11 is 0. The number of amides is 1. The van der Waals surface area contributed by atoms with Crippen molar-refractivity contribution in [3.05, 3.63) is 54.1 Å². The van der Waals surface area contributed by atoms with E-state index in [2.05, 4.69) is 10.0 Å². The lowest BCUT2D eigenvalue weighted by atomic mass is 10.1. The van der Waals surface area contributed by atoms with Gasteiger partial charge in [0, 0.05) is 0 Å². The van der Waals surface area contributed by atoms with E-state index in [-0.39, 0.29) is 12.5 Å². The first-order valence-electron chi connectivity index (χ1n) is 8.51. The van der Waals surface area contributed by atoms with E-state index in [9.17, 15) is 13.2 Å². The first kappa shape index (κ1) is 20.6. The summed E-state index contributed by atoms with van der Waals surface area (Å²) in [5.74, 6) is 0.729. The molecule has 0 bridgehead atoms. The third-order valence-electron chi connectivity index (χ3n) is 3.61. The van der Waals surface area contributed by atoms with E-state index in [4.69, 9.17) is 9.47 Å². The molecular formula is C19H24N2O5S. The van der Waals surface area contributed by atoms with Gasteiger partial charge in [-0.05, 0) is 37.6 Å². The summed E-state index contributed by atoms with van der Waals surface area (Å²) in [6.07, 6.45) is 1.08. The zero-order chi connectivity index (χ0) is 19.9. The topological polar surface area (TPSA) is 93.7 Å². The molecule has 0 fully saturated rings. The van der Waals surface area contributed by atoms with Crippen molar-refractivity contribution in [2.45, 2.75) is 19.9 Å². The fourth-order valence-electron chi connectivity index (χ4n) is 2.52. The van der Waals surface area contributed by atoms with Crippen LogP contribution in [0.5, 0.6) is 11.5 Å². The van der Waals surface area contributed by atoms with Crippen molar-refractivity contribution in [3.8, 4) is 11.5 Å². The molecule has 0 heterocycles.